The fourth-order valence-electron chi connectivity index (χ4n) is 2.32. The van der Waals surface area contributed by atoms with Gasteiger partial charge in [0.2, 0.25) is 5.91 Å². The molecule has 0 saturated carbocycles. The number of nitrogens with one attached hydrogen (secondary N) is 1. The van der Waals surface area contributed by atoms with Crippen LogP contribution >= 0.6 is 0 Å². The van der Waals surface area contributed by atoms with E-state index in [4.69, 9.17) is 10.5 Å². The topological polar surface area (TPSA) is 67.6 Å². The molecule has 0 unspecified atom stereocenters. The Kier molecular flexibility index (Phi) is 5.38. The first kappa shape index (κ1) is 14.8. The van der Waals surface area contributed by atoms with Gasteiger partial charge in [-0.2, -0.15) is 0 Å². The first-order valence-corrected chi connectivity index (χ1v) is 7.11. The summed E-state index contributed by atoms with van der Waals surface area (Å²) in [6.45, 7) is 6.23. The summed E-state index contributed by atoms with van der Waals surface area (Å²) in [4.78, 5) is 14.3. The van der Waals surface area contributed by atoms with E-state index in [1.54, 1.807) is 6.07 Å². The standard InChI is InChI=1S/C15H23N3O2/c1-12-11-13(16)3-4-14(12)17-15(19)5-7-18-6-2-9-20-10-8-18/h3-4,11H,2,5-10,16H2,1H3,(H,17,19). The summed E-state index contributed by atoms with van der Waals surface area (Å²) in [6, 6.07) is 5.51. The van der Waals surface area contributed by atoms with Gasteiger partial charge in [0.25, 0.3) is 0 Å². The van der Waals surface area contributed by atoms with E-state index in [-0.39, 0.29) is 5.91 Å². The Morgan fingerprint density at radius 1 is 1.40 bits per heavy atom. The third-order valence-electron chi connectivity index (χ3n) is 3.49. The summed E-state index contributed by atoms with van der Waals surface area (Å²) >= 11 is 0. The van der Waals surface area contributed by atoms with Gasteiger partial charge in [-0.05, 0) is 37.1 Å². The number of amides is 1. The Bertz CT molecular complexity index is 454. The highest BCUT2D eigenvalue weighted by Crippen LogP contribution is 2.17. The van der Waals surface area contributed by atoms with E-state index in [0.717, 1.165) is 50.5 Å². The van der Waals surface area contributed by atoms with Gasteiger partial charge in [0, 0.05) is 44.0 Å². The zero-order valence-corrected chi connectivity index (χ0v) is 12.0. The lowest BCUT2D eigenvalue weighted by molar-refractivity contribution is -0.116. The molecular formula is C15H23N3O2. The molecule has 0 atom stereocenters. The molecule has 20 heavy (non-hydrogen) atoms. The molecule has 1 aromatic rings. The monoisotopic (exact) mass is 277 g/mol. The van der Waals surface area contributed by atoms with E-state index in [9.17, 15) is 4.79 Å². The van der Waals surface area contributed by atoms with E-state index in [2.05, 4.69) is 10.2 Å². The largest absolute Gasteiger partial charge is 0.399 e. The number of anilines is 2. The van der Waals surface area contributed by atoms with Crippen molar-refractivity contribution in [2.24, 2.45) is 0 Å². The molecular weight excluding hydrogens is 254 g/mol. The molecule has 1 aliphatic rings. The van der Waals surface area contributed by atoms with Crippen LogP contribution < -0.4 is 11.1 Å². The van der Waals surface area contributed by atoms with Crippen molar-refractivity contribution in [2.45, 2.75) is 19.8 Å². The number of carbonyl (C=O) groups excluding carboxylic acids is 1. The van der Waals surface area contributed by atoms with Crippen LogP contribution in [-0.2, 0) is 9.53 Å². The number of hydrogen-bond donors (Lipinski definition) is 2. The van der Waals surface area contributed by atoms with Gasteiger partial charge in [0.15, 0.2) is 0 Å². The van der Waals surface area contributed by atoms with Crippen LogP contribution in [0.5, 0.6) is 0 Å². The first-order chi connectivity index (χ1) is 9.65. The van der Waals surface area contributed by atoms with Crippen molar-refractivity contribution in [3.05, 3.63) is 23.8 Å². The molecule has 3 N–H and O–H groups in total. The molecule has 1 heterocycles. The smallest absolute Gasteiger partial charge is 0.225 e. The lowest BCUT2D eigenvalue weighted by Crippen LogP contribution is -2.30. The number of hydrogen-bond acceptors (Lipinski definition) is 4. The van der Waals surface area contributed by atoms with E-state index < -0.39 is 0 Å². The molecule has 5 heteroatoms. The Labute approximate surface area is 120 Å². The highest BCUT2D eigenvalue weighted by atomic mass is 16.5. The molecule has 2 rings (SSSR count). The van der Waals surface area contributed by atoms with Crippen molar-refractivity contribution in [3.8, 4) is 0 Å². The maximum atomic E-state index is 12.0. The molecule has 1 fully saturated rings. The van der Waals surface area contributed by atoms with Crippen LogP contribution in [0.15, 0.2) is 18.2 Å². The second-order valence-electron chi connectivity index (χ2n) is 5.18. The molecule has 0 bridgehead atoms. The van der Waals surface area contributed by atoms with Gasteiger partial charge in [-0.3, -0.25) is 4.79 Å². The van der Waals surface area contributed by atoms with E-state index in [1.165, 1.54) is 0 Å². The molecule has 1 amide bonds. The van der Waals surface area contributed by atoms with E-state index >= 15 is 0 Å². The number of ether oxygens (including phenoxy) is 1. The summed E-state index contributed by atoms with van der Waals surface area (Å²) in [5.74, 6) is 0.0445. The highest BCUT2D eigenvalue weighted by Gasteiger charge is 2.11. The minimum absolute atomic E-state index is 0.0445. The molecule has 0 radical (unpaired) electrons. The fraction of sp³-hybridized carbons (Fsp3) is 0.533. The second-order valence-corrected chi connectivity index (χ2v) is 5.18. The number of nitrogens with two attached hydrogens (primary N) is 1. The van der Waals surface area contributed by atoms with Gasteiger partial charge in [0.05, 0.1) is 6.61 Å². The van der Waals surface area contributed by atoms with Crippen LogP contribution in [0.2, 0.25) is 0 Å². The molecule has 110 valence electrons. The number of rotatable bonds is 4. The Hall–Kier alpha value is -1.59. The van der Waals surface area contributed by atoms with Crippen molar-refractivity contribution in [3.63, 3.8) is 0 Å². The summed E-state index contributed by atoms with van der Waals surface area (Å²) in [6.07, 6.45) is 1.54. The Morgan fingerprint density at radius 3 is 3.05 bits per heavy atom. The third kappa shape index (κ3) is 4.51. The summed E-state index contributed by atoms with van der Waals surface area (Å²) in [7, 11) is 0. The van der Waals surface area contributed by atoms with Crippen LogP contribution in [0.3, 0.4) is 0 Å². The fourth-order valence-corrected chi connectivity index (χ4v) is 2.32. The molecule has 5 nitrogen and oxygen atoms in total. The third-order valence-corrected chi connectivity index (χ3v) is 3.49. The van der Waals surface area contributed by atoms with Gasteiger partial charge >= 0.3 is 0 Å². The minimum Gasteiger partial charge on any atom is -0.399 e. The van der Waals surface area contributed by atoms with E-state index in [1.807, 2.05) is 19.1 Å². The number of carbonyl (C=O) groups is 1. The summed E-state index contributed by atoms with van der Waals surface area (Å²) in [5.41, 5.74) is 8.24. The van der Waals surface area contributed by atoms with Gasteiger partial charge < -0.3 is 20.7 Å². The molecule has 0 aliphatic carbocycles. The van der Waals surface area contributed by atoms with Crippen LogP contribution in [0, 0.1) is 6.92 Å². The number of aryl methyl sites for hydroxylation is 1. The highest BCUT2D eigenvalue weighted by molar-refractivity contribution is 5.91. The first-order valence-electron chi connectivity index (χ1n) is 7.11. The second kappa shape index (κ2) is 7.26. The molecule has 1 aromatic carbocycles. The SMILES string of the molecule is Cc1cc(N)ccc1NC(=O)CCN1CCCOCC1. The van der Waals surface area contributed by atoms with Gasteiger partial charge in [-0.15, -0.1) is 0 Å². The van der Waals surface area contributed by atoms with Gasteiger partial charge in [0.1, 0.15) is 0 Å². The Morgan fingerprint density at radius 2 is 2.25 bits per heavy atom. The number of benzene rings is 1. The number of nitrogen functional groups attached to an aromatic ring is 1. The van der Waals surface area contributed by atoms with Crippen molar-refractivity contribution in [1.29, 1.82) is 0 Å². The molecule has 1 aliphatic heterocycles. The van der Waals surface area contributed by atoms with Crippen molar-refractivity contribution < 1.29 is 9.53 Å². The van der Waals surface area contributed by atoms with Crippen molar-refractivity contribution >= 4 is 17.3 Å². The molecule has 0 aromatic heterocycles. The normalized spacial score (nSPS) is 16.6. The van der Waals surface area contributed by atoms with Crippen molar-refractivity contribution in [2.75, 3.05) is 43.9 Å². The average Bonchev–Trinajstić information content (AvgIpc) is 2.68. The van der Waals surface area contributed by atoms with Crippen LogP contribution in [0.1, 0.15) is 18.4 Å². The zero-order valence-electron chi connectivity index (χ0n) is 12.0. The molecule has 0 spiro atoms. The maximum absolute atomic E-state index is 12.0. The number of nitrogens with zero attached hydrogens (tertiary/aromatic N) is 1. The zero-order chi connectivity index (χ0) is 14.4. The average molecular weight is 277 g/mol. The minimum atomic E-state index is 0.0445. The lowest BCUT2D eigenvalue weighted by atomic mass is 10.1. The van der Waals surface area contributed by atoms with Gasteiger partial charge in [-0.1, -0.05) is 0 Å². The van der Waals surface area contributed by atoms with E-state index in [0.29, 0.717) is 12.1 Å². The van der Waals surface area contributed by atoms with Crippen LogP contribution in [0.25, 0.3) is 0 Å². The predicted molar refractivity (Wildman–Crippen MR) is 80.7 cm³/mol. The molecule has 1 saturated heterocycles. The quantitative estimate of drug-likeness (QED) is 0.821. The maximum Gasteiger partial charge on any atom is 0.225 e. The van der Waals surface area contributed by atoms with Crippen LogP contribution in [-0.4, -0.2) is 43.7 Å². The Balaban J connectivity index is 1.79. The van der Waals surface area contributed by atoms with Crippen molar-refractivity contribution in [1.82, 2.24) is 4.90 Å². The predicted octanol–water partition coefficient (Wildman–Crippen LogP) is 1.63. The summed E-state index contributed by atoms with van der Waals surface area (Å²) in [5, 5.41) is 2.94. The lowest BCUT2D eigenvalue weighted by Gasteiger charge is -2.18. The van der Waals surface area contributed by atoms with Gasteiger partial charge in [-0.25, -0.2) is 0 Å². The van der Waals surface area contributed by atoms with Crippen LogP contribution in [0.4, 0.5) is 11.4 Å². The summed E-state index contributed by atoms with van der Waals surface area (Å²) < 4.78 is 5.40.